The Balaban J connectivity index is 1.47. The summed E-state index contributed by atoms with van der Waals surface area (Å²) in [4.78, 5) is 0. The summed E-state index contributed by atoms with van der Waals surface area (Å²) in [6.45, 7) is 3.45. The van der Waals surface area contributed by atoms with E-state index in [-0.39, 0.29) is 17.7 Å². The number of ether oxygens (including phenoxy) is 2. The normalized spacial score (nSPS) is 18.0. The zero-order valence-corrected chi connectivity index (χ0v) is 20.7. The van der Waals surface area contributed by atoms with Crippen LogP contribution in [-0.4, -0.2) is 13.2 Å². The quantitative estimate of drug-likeness (QED) is 0.153. The van der Waals surface area contributed by atoms with E-state index in [2.05, 4.69) is 4.74 Å². The van der Waals surface area contributed by atoms with Crippen LogP contribution in [0.15, 0.2) is 48.5 Å². The summed E-state index contributed by atoms with van der Waals surface area (Å²) in [7, 11) is 0. The molecule has 0 bridgehead atoms. The van der Waals surface area contributed by atoms with Crippen molar-refractivity contribution in [1.82, 2.24) is 0 Å². The van der Waals surface area contributed by atoms with Crippen molar-refractivity contribution in [3.8, 4) is 16.9 Å². The van der Waals surface area contributed by atoms with Gasteiger partial charge in [0, 0.05) is 30.9 Å². The summed E-state index contributed by atoms with van der Waals surface area (Å²) in [5.74, 6) is -8.90. The highest BCUT2D eigenvalue weighted by Gasteiger charge is 2.40. The molecule has 9 heteroatoms. The van der Waals surface area contributed by atoms with Gasteiger partial charge in [-0.2, -0.15) is 8.78 Å². The Bertz CT molecular complexity index is 1230. The molecule has 0 aromatic heterocycles. The third kappa shape index (κ3) is 6.14. The second kappa shape index (κ2) is 11.8. The Morgan fingerprint density at radius 2 is 1.42 bits per heavy atom. The smallest absolute Gasteiger partial charge is 0.429 e. The van der Waals surface area contributed by atoms with Gasteiger partial charge >= 0.3 is 6.11 Å². The first kappa shape index (κ1) is 28.0. The first-order valence-electron chi connectivity index (χ1n) is 12.5. The minimum atomic E-state index is -4.49. The molecule has 3 aromatic rings. The molecule has 1 aliphatic rings. The average molecular weight is 541 g/mol. The van der Waals surface area contributed by atoms with E-state index >= 15 is 0 Å². The maximum Gasteiger partial charge on any atom is 0.429 e. The molecule has 1 saturated carbocycles. The van der Waals surface area contributed by atoms with E-state index in [0.29, 0.717) is 30.1 Å². The van der Waals surface area contributed by atoms with E-state index in [1.54, 1.807) is 12.1 Å². The maximum atomic E-state index is 14.9. The van der Waals surface area contributed by atoms with Gasteiger partial charge in [-0.05, 0) is 68.1 Å². The standard InChI is InChI=1S/C29H27F7O2/c1-2-37-14-13-17-3-5-18(6-4-17)19-7-9-20(10-8-19)22-11-12-23(27(33)26(22)32)29(35,36)38-21-15-24(30)28(34)25(31)16-21/h7-12,15-18H,2-6,13-14H2,1H3. The van der Waals surface area contributed by atoms with Gasteiger partial charge in [-0.1, -0.05) is 30.3 Å². The zero-order valence-electron chi connectivity index (χ0n) is 20.7. The van der Waals surface area contributed by atoms with Crippen molar-refractivity contribution in [2.24, 2.45) is 5.92 Å². The van der Waals surface area contributed by atoms with E-state index in [9.17, 15) is 30.7 Å². The number of halogens is 7. The molecule has 0 atom stereocenters. The molecule has 3 aromatic carbocycles. The molecule has 0 N–H and O–H groups in total. The average Bonchev–Trinajstić information content (AvgIpc) is 2.89. The van der Waals surface area contributed by atoms with Crippen molar-refractivity contribution in [1.29, 1.82) is 0 Å². The van der Waals surface area contributed by atoms with E-state index in [0.717, 1.165) is 50.3 Å². The molecule has 204 valence electrons. The monoisotopic (exact) mass is 540 g/mol. The molecule has 0 radical (unpaired) electrons. The molecular formula is C29H27F7O2. The lowest BCUT2D eigenvalue weighted by atomic mass is 9.77. The lowest BCUT2D eigenvalue weighted by molar-refractivity contribution is -0.187. The van der Waals surface area contributed by atoms with E-state index in [4.69, 9.17) is 4.74 Å². The SMILES string of the molecule is CCOCCC1CCC(c2ccc(-c3ccc(C(F)(F)Oc4cc(F)c(F)c(F)c4)c(F)c3F)cc2)CC1. The van der Waals surface area contributed by atoms with Crippen LogP contribution in [0.25, 0.3) is 11.1 Å². The van der Waals surface area contributed by atoms with Gasteiger partial charge in [0.15, 0.2) is 29.1 Å². The van der Waals surface area contributed by atoms with Gasteiger partial charge in [0.1, 0.15) is 11.3 Å². The lowest BCUT2D eigenvalue weighted by Gasteiger charge is -2.29. The highest BCUT2D eigenvalue weighted by molar-refractivity contribution is 5.65. The van der Waals surface area contributed by atoms with Gasteiger partial charge in [0.05, 0.1) is 0 Å². The molecule has 0 heterocycles. The van der Waals surface area contributed by atoms with Crippen LogP contribution in [0.5, 0.6) is 5.75 Å². The molecule has 0 saturated heterocycles. The van der Waals surface area contributed by atoms with E-state index in [1.807, 2.05) is 19.1 Å². The number of alkyl halides is 2. The van der Waals surface area contributed by atoms with Crippen molar-refractivity contribution >= 4 is 0 Å². The third-order valence-electron chi connectivity index (χ3n) is 7.01. The molecule has 4 rings (SSSR count). The van der Waals surface area contributed by atoms with Crippen LogP contribution in [0.1, 0.15) is 56.1 Å². The molecule has 0 spiro atoms. The first-order valence-corrected chi connectivity index (χ1v) is 12.5. The molecule has 0 unspecified atom stereocenters. The molecule has 0 amide bonds. The summed E-state index contributed by atoms with van der Waals surface area (Å²) in [5.41, 5.74) is -0.323. The van der Waals surface area contributed by atoms with Crippen molar-refractivity contribution in [2.45, 2.75) is 51.1 Å². The zero-order chi connectivity index (χ0) is 27.4. The Labute approximate surface area is 216 Å². The Hall–Kier alpha value is -3.07. The Morgan fingerprint density at radius 3 is 2.03 bits per heavy atom. The highest BCUT2D eigenvalue weighted by Crippen LogP contribution is 2.39. The molecule has 38 heavy (non-hydrogen) atoms. The van der Waals surface area contributed by atoms with Gasteiger partial charge in [0.25, 0.3) is 0 Å². The fourth-order valence-electron chi connectivity index (χ4n) is 4.91. The minimum absolute atomic E-state index is 0.184. The predicted molar refractivity (Wildman–Crippen MR) is 128 cm³/mol. The summed E-state index contributed by atoms with van der Waals surface area (Å²) >= 11 is 0. The van der Waals surface area contributed by atoms with Gasteiger partial charge in [-0.25, -0.2) is 22.0 Å². The van der Waals surface area contributed by atoms with Crippen LogP contribution in [-0.2, 0) is 10.8 Å². The van der Waals surface area contributed by atoms with Crippen LogP contribution < -0.4 is 4.74 Å². The lowest BCUT2D eigenvalue weighted by Crippen LogP contribution is -2.24. The molecule has 2 nitrogen and oxygen atoms in total. The van der Waals surface area contributed by atoms with E-state index < -0.39 is 46.5 Å². The molecule has 0 aliphatic heterocycles. The van der Waals surface area contributed by atoms with Crippen molar-refractivity contribution < 1.29 is 40.2 Å². The maximum absolute atomic E-state index is 14.9. The number of hydrogen-bond acceptors (Lipinski definition) is 2. The second-order valence-electron chi connectivity index (χ2n) is 9.43. The van der Waals surface area contributed by atoms with Crippen LogP contribution >= 0.6 is 0 Å². The second-order valence-corrected chi connectivity index (χ2v) is 9.43. The number of benzene rings is 3. The Kier molecular flexibility index (Phi) is 8.65. The van der Waals surface area contributed by atoms with Gasteiger partial charge in [-0.15, -0.1) is 0 Å². The summed E-state index contributed by atoms with van der Waals surface area (Å²) in [6.07, 6.45) is 0.770. The van der Waals surface area contributed by atoms with Crippen molar-refractivity contribution in [2.75, 3.05) is 13.2 Å². The fourth-order valence-corrected chi connectivity index (χ4v) is 4.91. The highest BCUT2D eigenvalue weighted by atomic mass is 19.3. The third-order valence-corrected chi connectivity index (χ3v) is 7.01. The molecule has 1 fully saturated rings. The molecular weight excluding hydrogens is 513 g/mol. The Morgan fingerprint density at radius 1 is 0.789 bits per heavy atom. The van der Waals surface area contributed by atoms with Crippen molar-refractivity contribution in [3.63, 3.8) is 0 Å². The van der Waals surface area contributed by atoms with Gasteiger partial charge in [0.2, 0.25) is 0 Å². The first-order chi connectivity index (χ1) is 18.1. The van der Waals surface area contributed by atoms with Gasteiger partial charge in [-0.3, -0.25) is 0 Å². The summed E-state index contributed by atoms with van der Waals surface area (Å²) in [5, 5.41) is 0. The van der Waals surface area contributed by atoms with E-state index in [1.165, 1.54) is 0 Å². The minimum Gasteiger partial charge on any atom is -0.429 e. The largest absolute Gasteiger partial charge is 0.429 e. The van der Waals surface area contributed by atoms with Crippen LogP contribution in [0.2, 0.25) is 0 Å². The number of hydrogen-bond donors (Lipinski definition) is 0. The van der Waals surface area contributed by atoms with Crippen LogP contribution in [0, 0.1) is 35.0 Å². The predicted octanol–water partition coefficient (Wildman–Crippen LogP) is 8.88. The number of rotatable bonds is 9. The van der Waals surface area contributed by atoms with Crippen LogP contribution in [0.3, 0.4) is 0 Å². The van der Waals surface area contributed by atoms with Gasteiger partial charge < -0.3 is 9.47 Å². The van der Waals surface area contributed by atoms with Crippen molar-refractivity contribution in [3.05, 3.63) is 88.7 Å². The summed E-state index contributed by atoms with van der Waals surface area (Å²) < 4.78 is 108. The molecule has 1 aliphatic carbocycles. The fraction of sp³-hybridized carbons (Fsp3) is 0.379. The summed E-state index contributed by atoms with van der Waals surface area (Å²) in [6, 6.07) is 8.90. The van der Waals surface area contributed by atoms with Crippen LogP contribution in [0.4, 0.5) is 30.7 Å². The topological polar surface area (TPSA) is 18.5 Å².